The number of fused-ring (bicyclic) bond motifs is 1. The number of ether oxygens (including phenoxy) is 2. The molecule has 0 aromatic heterocycles. The van der Waals surface area contributed by atoms with Gasteiger partial charge in [-0.05, 0) is 43.5 Å². The second-order valence-electron chi connectivity index (χ2n) is 9.73. The summed E-state index contributed by atoms with van der Waals surface area (Å²) in [4.78, 5) is 28.7. The van der Waals surface area contributed by atoms with E-state index in [0.717, 1.165) is 36.2 Å². The Hall–Kier alpha value is -2.69. The number of nitrogens with one attached hydrogen (secondary N) is 1. The predicted molar refractivity (Wildman–Crippen MR) is 151 cm³/mol. The number of carbonyl (C=O) groups is 2. The van der Waals surface area contributed by atoms with Crippen molar-refractivity contribution in [2.75, 3.05) is 30.3 Å². The van der Waals surface area contributed by atoms with Gasteiger partial charge in [-0.1, -0.05) is 49.0 Å². The molecule has 1 aliphatic carbocycles. The number of halogens is 2. The van der Waals surface area contributed by atoms with E-state index in [1.165, 1.54) is 11.0 Å². The lowest BCUT2D eigenvalue weighted by atomic mass is 10.1. The minimum atomic E-state index is -3.90. The zero-order valence-electron chi connectivity index (χ0n) is 22.0. The van der Waals surface area contributed by atoms with Gasteiger partial charge in [-0.2, -0.15) is 0 Å². The number of nitrogens with zero attached hydrogens (tertiary/aromatic N) is 2. The molecule has 1 aliphatic heterocycles. The lowest BCUT2D eigenvalue weighted by Crippen LogP contribution is -2.53. The van der Waals surface area contributed by atoms with E-state index < -0.39 is 28.5 Å². The van der Waals surface area contributed by atoms with Gasteiger partial charge in [0.2, 0.25) is 21.8 Å². The highest BCUT2D eigenvalue weighted by atomic mass is 35.5. The summed E-state index contributed by atoms with van der Waals surface area (Å²) in [5, 5.41) is 3.76. The average Bonchev–Trinajstić information content (AvgIpc) is 3.40. The number of benzene rings is 2. The van der Waals surface area contributed by atoms with Crippen molar-refractivity contribution in [2.45, 2.75) is 57.7 Å². The van der Waals surface area contributed by atoms with Gasteiger partial charge < -0.3 is 19.7 Å². The molecule has 1 unspecified atom stereocenters. The van der Waals surface area contributed by atoms with Gasteiger partial charge in [-0.25, -0.2) is 8.42 Å². The molecule has 1 atom stereocenters. The molecule has 2 aromatic rings. The highest BCUT2D eigenvalue weighted by molar-refractivity contribution is 7.92. The van der Waals surface area contributed by atoms with E-state index in [4.69, 9.17) is 32.7 Å². The van der Waals surface area contributed by atoms with Crippen LogP contribution in [-0.4, -0.2) is 63.2 Å². The molecule has 9 nitrogen and oxygen atoms in total. The van der Waals surface area contributed by atoms with Crippen LogP contribution in [-0.2, 0) is 26.2 Å². The Morgan fingerprint density at radius 1 is 1.05 bits per heavy atom. The Labute approximate surface area is 239 Å². The van der Waals surface area contributed by atoms with Crippen molar-refractivity contribution in [1.82, 2.24) is 10.2 Å². The quantitative estimate of drug-likeness (QED) is 0.435. The molecule has 1 fully saturated rings. The van der Waals surface area contributed by atoms with Crippen LogP contribution in [0.25, 0.3) is 0 Å². The zero-order valence-corrected chi connectivity index (χ0v) is 24.3. The molecule has 12 heteroatoms. The van der Waals surface area contributed by atoms with Gasteiger partial charge in [0.25, 0.3) is 0 Å². The third-order valence-corrected chi connectivity index (χ3v) is 8.82. The first-order valence-corrected chi connectivity index (χ1v) is 15.6. The van der Waals surface area contributed by atoms with Crippen LogP contribution in [0.2, 0.25) is 10.0 Å². The summed E-state index contributed by atoms with van der Waals surface area (Å²) in [5.41, 5.74) is 0.723. The van der Waals surface area contributed by atoms with E-state index in [0.29, 0.717) is 46.7 Å². The Kier molecular flexibility index (Phi) is 9.51. The van der Waals surface area contributed by atoms with Crippen molar-refractivity contribution >= 4 is 50.7 Å². The minimum Gasteiger partial charge on any atom is -0.486 e. The lowest BCUT2D eigenvalue weighted by Gasteiger charge is -2.34. The highest BCUT2D eigenvalue weighted by Crippen LogP contribution is 2.35. The average molecular weight is 599 g/mol. The minimum absolute atomic E-state index is 0.0534. The predicted octanol–water partition coefficient (Wildman–Crippen LogP) is 4.40. The monoisotopic (exact) mass is 597 g/mol. The molecule has 0 bridgehead atoms. The maximum atomic E-state index is 13.9. The fourth-order valence-corrected chi connectivity index (χ4v) is 6.30. The van der Waals surface area contributed by atoms with Gasteiger partial charge in [0.15, 0.2) is 11.5 Å². The van der Waals surface area contributed by atoms with Gasteiger partial charge in [0, 0.05) is 34.3 Å². The van der Waals surface area contributed by atoms with Crippen LogP contribution in [0.1, 0.15) is 44.6 Å². The van der Waals surface area contributed by atoms with E-state index in [-0.39, 0.29) is 24.2 Å². The molecule has 0 saturated heterocycles. The van der Waals surface area contributed by atoms with Crippen molar-refractivity contribution in [2.24, 2.45) is 0 Å². The molecule has 2 aromatic carbocycles. The van der Waals surface area contributed by atoms with Crippen molar-refractivity contribution in [3.8, 4) is 11.5 Å². The summed E-state index contributed by atoms with van der Waals surface area (Å²) >= 11 is 12.9. The first-order valence-electron chi connectivity index (χ1n) is 13.0. The van der Waals surface area contributed by atoms with Crippen molar-refractivity contribution in [1.29, 1.82) is 0 Å². The fourth-order valence-electron chi connectivity index (χ4n) is 4.94. The van der Waals surface area contributed by atoms with E-state index in [9.17, 15) is 18.0 Å². The van der Waals surface area contributed by atoms with E-state index in [1.54, 1.807) is 30.3 Å². The molecule has 2 amide bonds. The molecular weight excluding hydrogens is 565 g/mol. The van der Waals surface area contributed by atoms with E-state index >= 15 is 0 Å². The SMILES string of the molecule is CCC(C(=O)NC1CCCC1)N(Cc1c(Cl)cccc1Cl)C(=O)CN(c1ccc2c(c1)OCCO2)S(C)(=O)=O. The summed E-state index contributed by atoms with van der Waals surface area (Å²) < 4.78 is 37.9. The Morgan fingerprint density at radius 3 is 2.31 bits per heavy atom. The van der Waals surface area contributed by atoms with Crippen molar-refractivity contribution in [3.63, 3.8) is 0 Å². The van der Waals surface area contributed by atoms with Gasteiger partial charge >= 0.3 is 0 Å². The summed E-state index contributed by atoms with van der Waals surface area (Å²) in [5.74, 6) is 0.0298. The number of hydrogen-bond acceptors (Lipinski definition) is 6. The number of amides is 2. The number of carbonyl (C=O) groups excluding carboxylic acids is 2. The van der Waals surface area contributed by atoms with E-state index in [2.05, 4.69) is 5.32 Å². The largest absolute Gasteiger partial charge is 0.486 e. The molecule has 0 spiro atoms. The van der Waals surface area contributed by atoms with E-state index in [1.807, 2.05) is 6.92 Å². The highest BCUT2D eigenvalue weighted by Gasteiger charge is 2.34. The number of hydrogen-bond donors (Lipinski definition) is 1. The van der Waals surface area contributed by atoms with Crippen molar-refractivity contribution < 1.29 is 27.5 Å². The Bertz CT molecular complexity index is 1300. The standard InChI is InChI=1S/C27H33Cl2N3O6S/c1-3-23(27(34)30-18-7-4-5-8-18)31(16-20-21(28)9-6-10-22(20)29)26(33)17-32(39(2,35)36)19-11-12-24-25(15-19)38-14-13-37-24/h6,9-12,15,18,23H,3-5,7-8,13-14,16-17H2,1-2H3,(H,30,34). The van der Waals surface area contributed by atoms with Gasteiger partial charge in [0.05, 0.1) is 11.9 Å². The third kappa shape index (κ3) is 7.10. The van der Waals surface area contributed by atoms with Gasteiger partial charge in [-0.15, -0.1) is 0 Å². The summed E-state index contributed by atoms with van der Waals surface area (Å²) in [6.45, 7) is 1.93. The maximum absolute atomic E-state index is 13.9. The van der Waals surface area contributed by atoms with Gasteiger partial charge in [0.1, 0.15) is 25.8 Å². The van der Waals surface area contributed by atoms with Crippen LogP contribution >= 0.6 is 23.2 Å². The zero-order chi connectivity index (χ0) is 28.2. The first kappa shape index (κ1) is 29.3. The molecule has 212 valence electrons. The van der Waals surface area contributed by atoms with Crippen LogP contribution < -0.4 is 19.1 Å². The summed E-state index contributed by atoms with van der Waals surface area (Å²) in [6, 6.07) is 8.90. The molecule has 4 rings (SSSR count). The first-order chi connectivity index (χ1) is 18.6. The van der Waals surface area contributed by atoms with Crippen molar-refractivity contribution in [3.05, 3.63) is 52.0 Å². The smallest absolute Gasteiger partial charge is 0.244 e. The normalized spacial score (nSPS) is 16.0. The number of anilines is 1. The molecule has 39 heavy (non-hydrogen) atoms. The molecule has 1 N–H and O–H groups in total. The number of rotatable bonds is 10. The van der Waals surface area contributed by atoms with Crippen LogP contribution in [0.3, 0.4) is 0 Å². The molecule has 1 heterocycles. The number of sulfonamides is 1. The van der Waals surface area contributed by atoms with Crippen LogP contribution in [0, 0.1) is 0 Å². The Balaban J connectivity index is 1.66. The maximum Gasteiger partial charge on any atom is 0.244 e. The van der Waals surface area contributed by atoms with Crippen LogP contribution in [0.15, 0.2) is 36.4 Å². The molecule has 2 aliphatic rings. The molecule has 1 saturated carbocycles. The second-order valence-corrected chi connectivity index (χ2v) is 12.5. The second kappa shape index (κ2) is 12.7. The fraction of sp³-hybridized carbons (Fsp3) is 0.481. The van der Waals surface area contributed by atoms with Crippen LogP contribution in [0.5, 0.6) is 11.5 Å². The summed E-state index contributed by atoms with van der Waals surface area (Å²) in [7, 11) is -3.90. The lowest BCUT2D eigenvalue weighted by molar-refractivity contribution is -0.140. The van der Waals surface area contributed by atoms with Crippen LogP contribution in [0.4, 0.5) is 5.69 Å². The third-order valence-electron chi connectivity index (χ3n) is 6.97. The van der Waals surface area contributed by atoms with Gasteiger partial charge in [-0.3, -0.25) is 13.9 Å². The summed E-state index contributed by atoms with van der Waals surface area (Å²) in [6.07, 6.45) is 5.19. The molecular formula is C27H33Cl2N3O6S. The molecule has 0 radical (unpaired) electrons. The topological polar surface area (TPSA) is 105 Å². The Morgan fingerprint density at radius 2 is 1.69 bits per heavy atom.